The zero-order chi connectivity index (χ0) is 24.7. The van der Waals surface area contributed by atoms with E-state index in [-0.39, 0.29) is 17.8 Å². The average Bonchev–Trinajstić information content (AvgIpc) is 3.35. The van der Waals surface area contributed by atoms with Crippen molar-refractivity contribution < 1.29 is 9.84 Å². The molecule has 3 heterocycles. The predicted molar refractivity (Wildman–Crippen MR) is 143 cm³/mol. The first kappa shape index (κ1) is 23.2. The Hall–Kier alpha value is -3.55. The molecule has 2 aromatic heterocycles. The second-order valence-electron chi connectivity index (χ2n) is 8.49. The van der Waals surface area contributed by atoms with Crippen LogP contribution in [0.3, 0.4) is 0 Å². The largest absolute Gasteiger partial charge is 0.508 e. The third-order valence-electron chi connectivity index (χ3n) is 6.41. The third kappa shape index (κ3) is 4.11. The highest BCUT2D eigenvalue weighted by molar-refractivity contribution is 7.80. The van der Waals surface area contributed by atoms with Crippen LogP contribution in [0, 0.1) is 13.8 Å². The first-order chi connectivity index (χ1) is 16.9. The van der Waals surface area contributed by atoms with Crippen LogP contribution in [-0.2, 0) is 0 Å². The molecule has 0 spiro atoms. The minimum Gasteiger partial charge on any atom is -0.508 e. The number of phenolic OH excluding ortho intramolecular Hbond substituents is 1. The normalized spacial score (nSPS) is 17.5. The van der Waals surface area contributed by atoms with E-state index >= 15 is 0 Å². The van der Waals surface area contributed by atoms with Gasteiger partial charge in [-0.3, -0.25) is 4.98 Å². The molecule has 6 nitrogen and oxygen atoms in total. The molecule has 178 valence electrons. The number of ether oxygens (including phenoxy) is 1. The minimum absolute atomic E-state index is 0.168. The zero-order valence-corrected chi connectivity index (χ0v) is 21.1. The lowest BCUT2D eigenvalue weighted by atomic mass is 9.96. The monoisotopic (exact) mass is 504 g/mol. The van der Waals surface area contributed by atoms with Crippen LogP contribution in [0.1, 0.15) is 34.7 Å². The molecule has 35 heavy (non-hydrogen) atoms. The lowest BCUT2D eigenvalue weighted by Gasteiger charge is -2.28. The summed E-state index contributed by atoms with van der Waals surface area (Å²) in [6, 6.07) is 20.7. The number of aryl methyl sites for hydroxylation is 1. The summed E-state index contributed by atoms with van der Waals surface area (Å²) in [5.41, 5.74) is 6.02. The summed E-state index contributed by atoms with van der Waals surface area (Å²) in [6.07, 6.45) is 1.80. The van der Waals surface area contributed by atoms with E-state index in [9.17, 15) is 5.11 Å². The van der Waals surface area contributed by atoms with Crippen LogP contribution >= 0.6 is 23.8 Å². The first-order valence-electron chi connectivity index (χ1n) is 11.2. The molecule has 5 rings (SSSR count). The number of methoxy groups -OCH3 is 1. The second-order valence-corrected chi connectivity index (χ2v) is 9.29. The molecule has 2 N–H and O–H groups in total. The van der Waals surface area contributed by atoms with Gasteiger partial charge >= 0.3 is 0 Å². The topological polar surface area (TPSA) is 62.5 Å². The van der Waals surface area contributed by atoms with Crippen molar-refractivity contribution in [3.8, 4) is 17.2 Å². The Morgan fingerprint density at radius 3 is 2.43 bits per heavy atom. The molecule has 2 aromatic carbocycles. The number of phenols is 1. The molecule has 0 radical (unpaired) electrons. The molecule has 0 saturated carbocycles. The molecule has 0 bridgehead atoms. The summed E-state index contributed by atoms with van der Waals surface area (Å²) in [5, 5.41) is 14.4. The van der Waals surface area contributed by atoms with E-state index in [4.69, 9.17) is 28.6 Å². The van der Waals surface area contributed by atoms with Gasteiger partial charge in [-0.15, -0.1) is 0 Å². The van der Waals surface area contributed by atoms with Crippen molar-refractivity contribution in [2.45, 2.75) is 25.9 Å². The number of hydrogen-bond donors (Lipinski definition) is 2. The number of thiocarbonyl (C=S) groups is 1. The standard InChI is InChI=1S/C27H25ClN4O2S/c1-16-14-21(17(2)31(16)18-7-10-20(33)11-8-18)26-25(23-6-4-5-13-29-23)30-27(35)32(26)19-9-12-24(34-3)22(28)15-19/h4-15,25-26,33H,1-3H3,(H,30,35). The van der Waals surface area contributed by atoms with Crippen molar-refractivity contribution in [2.75, 3.05) is 12.0 Å². The van der Waals surface area contributed by atoms with E-state index in [0.717, 1.165) is 34.0 Å². The molecular weight excluding hydrogens is 480 g/mol. The number of benzene rings is 2. The van der Waals surface area contributed by atoms with Crippen LogP contribution in [0.2, 0.25) is 5.02 Å². The number of nitrogens with zero attached hydrogens (tertiary/aromatic N) is 3. The summed E-state index contributed by atoms with van der Waals surface area (Å²) >= 11 is 12.4. The van der Waals surface area contributed by atoms with Crippen LogP contribution in [0.4, 0.5) is 5.69 Å². The molecule has 4 aromatic rings. The summed E-state index contributed by atoms with van der Waals surface area (Å²) < 4.78 is 7.54. The van der Waals surface area contributed by atoms with Gasteiger partial charge in [0.2, 0.25) is 0 Å². The van der Waals surface area contributed by atoms with Crippen molar-refractivity contribution in [2.24, 2.45) is 0 Å². The third-order valence-corrected chi connectivity index (χ3v) is 7.02. The van der Waals surface area contributed by atoms with Gasteiger partial charge in [0.25, 0.3) is 0 Å². The molecule has 0 aliphatic carbocycles. The molecule has 2 atom stereocenters. The van der Waals surface area contributed by atoms with Crippen LogP contribution in [0.15, 0.2) is 72.9 Å². The average molecular weight is 505 g/mol. The quantitative estimate of drug-likeness (QED) is 0.323. The summed E-state index contributed by atoms with van der Waals surface area (Å²) in [6.45, 7) is 4.18. The maximum absolute atomic E-state index is 9.77. The van der Waals surface area contributed by atoms with Gasteiger partial charge in [0.1, 0.15) is 11.5 Å². The Bertz CT molecular complexity index is 1390. The fourth-order valence-corrected chi connectivity index (χ4v) is 5.44. The van der Waals surface area contributed by atoms with E-state index in [1.165, 1.54) is 0 Å². The molecule has 8 heteroatoms. The van der Waals surface area contributed by atoms with E-state index in [1.54, 1.807) is 25.4 Å². The zero-order valence-electron chi connectivity index (χ0n) is 19.6. The molecule has 1 saturated heterocycles. The highest BCUT2D eigenvalue weighted by Gasteiger charge is 2.42. The van der Waals surface area contributed by atoms with Gasteiger partial charge in [0.15, 0.2) is 5.11 Å². The molecule has 1 aliphatic rings. The fourth-order valence-electron chi connectivity index (χ4n) is 4.84. The number of rotatable bonds is 5. The van der Waals surface area contributed by atoms with E-state index in [1.807, 2.05) is 48.5 Å². The molecular formula is C27H25ClN4O2S. The van der Waals surface area contributed by atoms with Gasteiger partial charge in [0.05, 0.1) is 29.9 Å². The number of aromatic hydroxyl groups is 1. The van der Waals surface area contributed by atoms with Crippen LogP contribution in [0.25, 0.3) is 5.69 Å². The number of anilines is 1. The highest BCUT2D eigenvalue weighted by Crippen LogP contribution is 2.45. The van der Waals surface area contributed by atoms with Gasteiger partial charge < -0.3 is 24.6 Å². The Morgan fingerprint density at radius 1 is 1.03 bits per heavy atom. The summed E-state index contributed by atoms with van der Waals surface area (Å²) in [4.78, 5) is 6.74. The Labute approximate surface area is 214 Å². The van der Waals surface area contributed by atoms with Gasteiger partial charge in [-0.05, 0) is 92.3 Å². The van der Waals surface area contributed by atoms with Gasteiger partial charge in [-0.2, -0.15) is 0 Å². The predicted octanol–water partition coefficient (Wildman–Crippen LogP) is 6.03. The lowest BCUT2D eigenvalue weighted by Crippen LogP contribution is -2.29. The first-order valence-corrected chi connectivity index (χ1v) is 12.0. The smallest absolute Gasteiger partial charge is 0.174 e. The van der Waals surface area contributed by atoms with Crippen LogP contribution in [-0.4, -0.2) is 26.9 Å². The van der Waals surface area contributed by atoms with Crippen LogP contribution < -0.4 is 15.0 Å². The molecule has 2 unspecified atom stereocenters. The van der Waals surface area contributed by atoms with Crippen LogP contribution in [0.5, 0.6) is 11.5 Å². The fraction of sp³-hybridized carbons (Fsp3) is 0.185. The van der Waals surface area contributed by atoms with Crippen molar-refractivity contribution in [1.29, 1.82) is 0 Å². The minimum atomic E-state index is -0.168. The summed E-state index contributed by atoms with van der Waals surface area (Å²) in [5.74, 6) is 0.844. The number of pyridine rings is 1. The number of halogens is 1. The van der Waals surface area contributed by atoms with Gasteiger partial charge in [-0.25, -0.2) is 0 Å². The molecule has 1 fully saturated rings. The lowest BCUT2D eigenvalue weighted by molar-refractivity contribution is 0.415. The van der Waals surface area contributed by atoms with E-state index in [2.05, 4.69) is 39.7 Å². The maximum atomic E-state index is 9.77. The van der Waals surface area contributed by atoms with Crippen molar-refractivity contribution in [3.05, 3.63) is 101 Å². The SMILES string of the molecule is COc1ccc(N2C(=S)NC(c3ccccn3)C2c2cc(C)n(-c3ccc(O)cc3)c2C)cc1Cl. The second kappa shape index (κ2) is 9.24. The number of nitrogens with one attached hydrogen (secondary N) is 1. The Balaban J connectivity index is 1.67. The highest BCUT2D eigenvalue weighted by atomic mass is 35.5. The summed E-state index contributed by atoms with van der Waals surface area (Å²) in [7, 11) is 1.60. The Morgan fingerprint density at radius 2 is 1.77 bits per heavy atom. The van der Waals surface area contributed by atoms with Crippen molar-refractivity contribution in [1.82, 2.24) is 14.9 Å². The molecule has 0 amide bonds. The number of aromatic nitrogens is 2. The van der Waals surface area contributed by atoms with E-state index < -0.39 is 0 Å². The van der Waals surface area contributed by atoms with Gasteiger partial charge in [-0.1, -0.05) is 17.7 Å². The van der Waals surface area contributed by atoms with Gasteiger partial charge in [0, 0.05) is 29.0 Å². The number of hydrogen-bond acceptors (Lipinski definition) is 4. The Kier molecular flexibility index (Phi) is 6.13. The van der Waals surface area contributed by atoms with E-state index in [0.29, 0.717) is 15.9 Å². The van der Waals surface area contributed by atoms with Crippen molar-refractivity contribution in [3.63, 3.8) is 0 Å². The maximum Gasteiger partial charge on any atom is 0.174 e. The molecule has 1 aliphatic heterocycles. The van der Waals surface area contributed by atoms with Crippen molar-refractivity contribution >= 4 is 34.6 Å².